The third-order valence-electron chi connectivity index (χ3n) is 2.18. The number of carboxylic acid groups (broad SMARTS) is 1. The van der Waals surface area contributed by atoms with Crippen LogP contribution in [0.15, 0.2) is 30.7 Å². The lowest BCUT2D eigenvalue weighted by Gasteiger charge is -2.11. The first-order valence-electron chi connectivity index (χ1n) is 4.70. The van der Waals surface area contributed by atoms with Gasteiger partial charge in [0.05, 0.1) is 11.9 Å². The first-order chi connectivity index (χ1) is 8.41. The Labute approximate surface area is 98.5 Å². The van der Waals surface area contributed by atoms with Crippen LogP contribution in [0.25, 0.3) is 5.69 Å². The zero-order chi connectivity index (χ0) is 13.3. The van der Waals surface area contributed by atoms with E-state index < -0.39 is 23.4 Å². The largest absolute Gasteiger partial charge is 0.478 e. The van der Waals surface area contributed by atoms with Gasteiger partial charge in [0.2, 0.25) is 0 Å². The molecule has 2 aromatic rings. The molecular weight excluding hydrogens is 251 g/mol. The minimum atomic E-state index is -4.81. The van der Waals surface area contributed by atoms with E-state index in [0.29, 0.717) is 10.9 Å². The predicted octanol–water partition coefficient (Wildman–Crippen LogP) is 1.98. The summed E-state index contributed by atoms with van der Waals surface area (Å²) in [7, 11) is 0. The molecule has 2 heterocycles. The summed E-state index contributed by atoms with van der Waals surface area (Å²) in [6, 6.07) is 2.60. The second-order valence-electron chi connectivity index (χ2n) is 3.33. The van der Waals surface area contributed by atoms with Crippen molar-refractivity contribution in [3.05, 3.63) is 42.0 Å². The van der Waals surface area contributed by atoms with Gasteiger partial charge in [-0.15, -0.1) is 0 Å². The molecule has 0 aliphatic carbocycles. The molecule has 0 amide bonds. The molecule has 0 radical (unpaired) electrons. The number of pyridine rings is 1. The fraction of sp³-hybridized carbons (Fsp3) is 0.100. The van der Waals surface area contributed by atoms with Gasteiger partial charge < -0.3 is 5.11 Å². The predicted molar refractivity (Wildman–Crippen MR) is 53.3 cm³/mol. The van der Waals surface area contributed by atoms with Gasteiger partial charge in [-0.3, -0.25) is 4.98 Å². The summed E-state index contributed by atoms with van der Waals surface area (Å²) in [6.45, 7) is 0. The molecule has 8 heteroatoms. The van der Waals surface area contributed by atoms with E-state index in [1.165, 1.54) is 24.5 Å². The second kappa shape index (κ2) is 4.13. The number of aromatic carboxylic acids is 1. The maximum atomic E-state index is 12.8. The second-order valence-corrected chi connectivity index (χ2v) is 3.33. The summed E-state index contributed by atoms with van der Waals surface area (Å²) in [4.78, 5) is 14.4. The van der Waals surface area contributed by atoms with Gasteiger partial charge in [0, 0.05) is 12.4 Å². The molecule has 2 rings (SSSR count). The van der Waals surface area contributed by atoms with Crippen molar-refractivity contribution >= 4 is 5.97 Å². The fourth-order valence-electron chi connectivity index (χ4n) is 1.46. The average molecular weight is 257 g/mol. The number of carboxylic acids is 1. The molecule has 0 bridgehead atoms. The summed E-state index contributed by atoms with van der Waals surface area (Å²) in [5.41, 5.74) is -2.12. The monoisotopic (exact) mass is 257 g/mol. The molecule has 0 aliphatic rings. The van der Waals surface area contributed by atoms with E-state index in [1.54, 1.807) is 0 Å². The van der Waals surface area contributed by atoms with Crippen LogP contribution < -0.4 is 0 Å². The molecule has 0 aromatic carbocycles. The van der Waals surface area contributed by atoms with Crippen molar-refractivity contribution in [1.82, 2.24) is 14.8 Å². The maximum absolute atomic E-state index is 12.8. The van der Waals surface area contributed by atoms with Crippen molar-refractivity contribution < 1.29 is 23.1 Å². The van der Waals surface area contributed by atoms with Gasteiger partial charge in [-0.25, -0.2) is 9.48 Å². The molecule has 0 spiro atoms. The Hall–Kier alpha value is -2.38. The number of hydrogen-bond acceptors (Lipinski definition) is 3. The van der Waals surface area contributed by atoms with Crippen molar-refractivity contribution in [2.45, 2.75) is 6.18 Å². The number of hydrogen-bond donors (Lipinski definition) is 1. The van der Waals surface area contributed by atoms with E-state index in [4.69, 9.17) is 5.11 Å². The third-order valence-corrected chi connectivity index (χ3v) is 2.18. The van der Waals surface area contributed by atoms with Crippen LogP contribution in [0.4, 0.5) is 13.2 Å². The third kappa shape index (κ3) is 2.04. The maximum Gasteiger partial charge on any atom is 0.434 e. The summed E-state index contributed by atoms with van der Waals surface area (Å²) < 4.78 is 39.1. The van der Waals surface area contributed by atoms with Crippen molar-refractivity contribution in [2.75, 3.05) is 0 Å². The van der Waals surface area contributed by atoms with Gasteiger partial charge in [0.25, 0.3) is 0 Å². The van der Waals surface area contributed by atoms with Crippen LogP contribution in [0, 0.1) is 0 Å². The Morgan fingerprint density at radius 1 is 1.28 bits per heavy atom. The van der Waals surface area contributed by atoms with Gasteiger partial charge in [-0.2, -0.15) is 18.3 Å². The van der Waals surface area contributed by atoms with E-state index in [2.05, 4.69) is 10.1 Å². The van der Waals surface area contributed by atoms with Crippen LogP contribution in [0.1, 0.15) is 16.1 Å². The quantitative estimate of drug-likeness (QED) is 0.893. The van der Waals surface area contributed by atoms with Crippen LogP contribution >= 0.6 is 0 Å². The molecule has 1 N–H and O–H groups in total. The molecule has 0 atom stereocenters. The van der Waals surface area contributed by atoms with E-state index in [0.717, 1.165) is 0 Å². The van der Waals surface area contributed by atoms with Crippen molar-refractivity contribution in [2.24, 2.45) is 0 Å². The normalized spacial score (nSPS) is 11.5. The van der Waals surface area contributed by atoms with E-state index in [9.17, 15) is 18.0 Å². The Kier molecular flexibility index (Phi) is 2.77. The Balaban J connectivity index is 2.67. The minimum absolute atomic E-state index is 0.0878. The van der Waals surface area contributed by atoms with Gasteiger partial charge in [0.1, 0.15) is 5.56 Å². The summed E-state index contributed by atoms with van der Waals surface area (Å²) in [5.74, 6) is -1.68. The van der Waals surface area contributed by atoms with Crippen LogP contribution in [-0.4, -0.2) is 25.8 Å². The zero-order valence-corrected chi connectivity index (χ0v) is 8.72. The summed E-state index contributed by atoms with van der Waals surface area (Å²) >= 11 is 0. The van der Waals surface area contributed by atoms with Gasteiger partial charge in [0.15, 0.2) is 5.69 Å². The molecule has 0 fully saturated rings. The topological polar surface area (TPSA) is 68.0 Å². The number of alkyl halides is 3. The molecule has 0 aliphatic heterocycles. The number of aromatic nitrogens is 3. The lowest BCUT2D eigenvalue weighted by atomic mass is 10.2. The highest BCUT2D eigenvalue weighted by molar-refractivity contribution is 5.89. The number of rotatable bonds is 2. The van der Waals surface area contributed by atoms with Gasteiger partial charge >= 0.3 is 12.1 Å². The number of halogens is 3. The smallest absolute Gasteiger partial charge is 0.434 e. The molecular formula is C10H6F3N3O2. The zero-order valence-electron chi connectivity index (χ0n) is 8.72. The highest BCUT2D eigenvalue weighted by Crippen LogP contribution is 2.33. The lowest BCUT2D eigenvalue weighted by molar-refractivity contribution is -0.143. The van der Waals surface area contributed by atoms with Crippen molar-refractivity contribution in [1.29, 1.82) is 0 Å². The van der Waals surface area contributed by atoms with E-state index >= 15 is 0 Å². The SMILES string of the molecule is O=C(O)c1cnn(-c2ccncc2)c1C(F)(F)F. The van der Waals surface area contributed by atoms with E-state index in [1.807, 2.05) is 0 Å². The van der Waals surface area contributed by atoms with Crippen LogP contribution in [-0.2, 0) is 6.18 Å². The fourth-order valence-corrected chi connectivity index (χ4v) is 1.46. The molecule has 0 unspecified atom stereocenters. The first-order valence-corrected chi connectivity index (χ1v) is 4.70. The number of carbonyl (C=O) groups is 1. The number of nitrogens with zero attached hydrogens (tertiary/aromatic N) is 3. The standard InChI is InChI=1S/C10H6F3N3O2/c11-10(12,13)8-7(9(17)18)5-15-16(8)6-1-3-14-4-2-6/h1-5H,(H,17,18). The minimum Gasteiger partial charge on any atom is -0.478 e. The van der Waals surface area contributed by atoms with Crippen molar-refractivity contribution in [3.8, 4) is 5.69 Å². The van der Waals surface area contributed by atoms with Crippen LogP contribution in [0.3, 0.4) is 0 Å². The Morgan fingerprint density at radius 2 is 1.89 bits per heavy atom. The molecule has 18 heavy (non-hydrogen) atoms. The summed E-state index contributed by atoms with van der Waals surface area (Å²) in [6.07, 6.45) is -1.56. The Bertz CT molecular complexity index is 578. The average Bonchev–Trinajstić information content (AvgIpc) is 2.74. The molecule has 5 nitrogen and oxygen atoms in total. The highest BCUT2D eigenvalue weighted by Gasteiger charge is 2.40. The van der Waals surface area contributed by atoms with Gasteiger partial charge in [-0.1, -0.05) is 0 Å². The molecule has 94 valence electrons. The first kappa shape index (κ1) is 12.1. The van der Waals surface area contributed by atoms with Gasteiger partial charge in [-0.05, 0) is 12.1 Å². The van der Waals surface area contributed by atoms with Crippen molar-refractivity contribution in [3.63, 3.8) is 0 Å². The van der Waals surface area contributed by atoms with E-state index in [-0.39, 0.29) is 5.69 Å². The van der Waals surface area contributed by atoms with Crippen LogP contribution in [0.5, 0.6) is 0 Å². The summed E-state index contributed by atoms with van der Waals surface area (Å²) in [5, 5.41) is 12.2. The van der Waals surface area contributed by atoms with Crippen LogP contribution in [0.2, 0.25) is 0 Å². The molecule has 2 aromatic heterocycles. The lowest BCUT2D eigenvalue weighted by Crippen LogP contribution is -2.17. The Morgan fingerprint density at radius 3 is 2.39 bits per heavy atom. The highest BCUT2D eigenvalue weighted by atomic mass is 19.4. The molecule has 0 saturated carbocycles. The molecule has 0 saturated heterocycles.